The van der Waals surface area contributed by atoms with E-state index in [9.17, 15) is 19.2 Å². The average Bonchev–Trinajstić information content (AvgIpc) is 2.74. The van der Waals surface area contributed by atoms with Crippen molar-refractivity contribution in [2.45, 2.75) is 86.4 Å². The number of rotatable bonds is 8. The quantitative estimate of drug-likeness (QED) is 0.188. The molecule has 0 radical (unpaired) electrons. The summed E-state index contributed by atoms with van der Waals surface area (Å²) in [6.45, 7) is 13.6. The van der Waals surface area contributed by atoms with E-state index in [1.54, 1.807) is 32.9 Å². The number of carbonyl (C=O) groups is 4. The number of carbonyl (C=O) groups excluding carboxylic acids is 4. The Bertz CT molecular complexity index is 987. The maximum absolute atomic E-state index is 13.1. The molecule has 0 fully saturated rings. The van der Waals surface area contributed by atoms with E-state index in [0.29, 0.717) is 12.0 Å². The minimum atomic E-state index is -1.46. The van der Waals surface area contributed by atoms with Crippen LogP contribution in [0.15, 0.2) is 59.3 Å². The lowest BCUT2D eigenvalue weighted by Gasteiger charge is -2.33. The van der Waals surface area contributed by atoms with E-state index in [1.807, 2.05) is 26.8 Å². The molecule has 0 aromatic rings. The number of allylic oxidation sites excluding steroid dienone is 6. The SMILES string of the molecule is CC(=O)OC/C1=C/C[C@](C)(CCC=C(C)C)/C=C/[C@@H](OC(=O)C=C(C)C)[C@](C)(OC(C)=O)/C=C/C1=O. The molecule has 1 aliphatic rings. The van der Waals surface area contributed by atoms with E-state index in [-0.39, 0.29) is 6.61 Å². The van der Waals surface area contributed by atoms with Gasteiger partial charge < -0.3 is 14.2 Å². The first-order chi connectivity index (χ1) is 16.7. The van der Waals surface area contributed by atoms with Gasteiger partial charge in [-0.1, -0.05) is 36.3 Å². The van der Waals surface area contributed by atoms with Crippen molar-refractivity contribution in [1.29, 1.82) is 0 Å². The lowest BCUT2D eigenvalue weighted by atomic mass is 9.80. The van der Waals surface area contributed by atoms with E-state index < -0.39 is 40.8 Å². The number of hydrogen-bond donors (Lipinski definition) is 0. The summed E-state index contributed by atoms with van der Waals surface area (Å²) in [6.07, 6.45) is 12.6. The molecule has 36 heavy (non-hydrogen) atoms. The highest BCUT2D eigenvalue weighted by molar-refractivity contribution is 6.04. The molecule has 3 atom stereocenters. The summed E-state index contributed by atoms with van der Waals surface area (Å²) in [5.74, 6) is -2.07. The van der Waals surface area contributed by atoms with Crippen molar-refractivity contribution in [2.75, 3.05) is 6.61 Å². The Morgan fingerprint density at radius 1 is 1.00 bits per heavy atom. The molecule has 7 heteroatoms. The zero-order chi connectivity index (χ0) is 27.5. The van der Waals surface area contributed by atoms with Gasteiger partial charge in [0.2, 0.25) is 0 Å². The van der Waals surface area contributed by atoms with Gasteiger partial charge >= 0.3 is 17.9 Å². The highest BCUT2D eigenvalue weighted by Gasteiger charge is 2.38. The molecule has 0 aromatic carbocycles. The van der Waals surface area contributed by atoms with Crippen molar-refractivity contribution in [2.24, 2.45) is 5.41 Å². The molecule has 0 aliphatic heterocycles. The van der Waals surface area contributed by atoms with Crippen LogP contribution in [0.4, 0.5) is 0 Å². The molecule has 0 spiro atoms. The highest BCUT2D eigenvalue weighted by atomic mass is 16.6. The summed E-state index contributed by atoms with van der Waals surface area (Å²) in [5.41, 5.74) is 0.373. The first-order valence-electron chi connectivity index (χ1n) is 12.1. The van der Waals surface area contributed by atoms with Gasteiger partial charge in [-0.15, -0.1) is 0 Å². The maximum Gasteiger partial charge on any atom is 0.331 e. The molecule has 1 rings (SSSR count). The maximum atomic E-state index is 13.1. The van der Waals surface area contributed by atoms with Crippen LogP contribution in [0.5, 0.6) is 0 Å². The van der Waals surface area contributed by atoms with Gasteiger partial charge in [-0.2, -0.15) is 0 Å². The fraction of sp³-hybridized carbons (Fsp3) is 0.517. The summed E-state index contributed by atoms with van der Waals surface area (Å²) < 4.78 is 16.4. The van der Waals surface area contributed by atoms with Gasteiger partial charge in [0.15, 0.2) is 17.5 Å². The fourth-order valence-electron chi connectivity index (χ4n) is 3.62. The van der Waals surface area contributed by atoms with Crippen molar-refractivity contribution in [3.63, 3.8) is 0 Å². The van der Waals surface area contributed by atoms with Gasteiger partial charge in [0, 0.05) is 25.5 Å². The van der Waals surface area contributed by atoms with Crippen LogP contribution in [0.25, 0.3) is 0 Å². The number of esters is 3. The van der Waals surface area contributed by atoms with Crippen molar-refractivity contribution in [3.05, 3.63) is 59.3 Å². The first-order valence-corrected chi connectivity index (χ1v) is 12.1. The molecule has 0 N–H and O–H groups in total. The fourth-order valence-corrected chi connectivity index (χ4v) is 3.62. The van der Waals surface area contributed by atoms with E-state index in [0.717, 1.165) is 18.4 Å². The van der Waals surface area contributed by atoms with E-state index in [4.69, 9.17) is 14.2 Å². The largest absolute Gasteiger partial charge is 0.461 e. The molecule has 1 aliphatic carbocycles. The van der Waals surface area contributed by atoms with Crippen molar-refractivity contribution >= 4 is 23.7 Å². The molecule has 0 saturated carbocycles. The third-order valence-electron chi connectivity index (χ3n) is 5.65. The number of ketones is 1. The molecular weight excluding hydrogens is 460 g/mol. The molecule has 0 aromatic heterocycles. The predicted molar refractivity (Wildman–Crippen MR) is 139 cm³/mol. The summed E-state index contributed by atoms with van der Waals surface area (Å²) in [6, 6.07) is 0. The van der Waals surface area contributed by atoms with Crippen LogP contribution in [0, 0.1) is 5.41 Å². The average molecular weight is 501 g/mol. The predicted octanol–water partition coefficient (Wildman–Crippen LogP) is 5.51. The molecule has 0 bridgehead atoms. The number of ether oxygens (including phenoxy) is 3. The van der Waals surface area contributed by atoms with Gasteiger partial charge in [-0.05, 0) is 77.5 Å². The lowest BCUT2D eigenvalue weighted by Crippen LogP contribution is -2.43. The topological polar surface area (TPSA) is 96.0 Å². The van der Waals surface area contributed by atoms with Gasteiger partial charge in [-0.3, -0.25) is 14.4 Å². The zero-order valence-electron chi connectivity index (χ0n) is 22.8. The van der Waals surface area contributed by atoms with Crippen LogP contribution in [0.2, 0.25) is 0 Å². The van der Waals surface area contributed by atoms with Crippen molar-refractivity contribution < 1.29 is 33.4 Å². The van der Waals surface area contributed by atoms with E-state index in [1.165, 1.54) is 37.6 Å². The standard InChI is InChI=1S/C29H40O7/c1-20(2)10-9-14-28(7)15-11-24(19-34-22(5)30)25(32)12-17-29(8,36-23(6)31)26(13-16-28)35-27(33)18-21(3)4/h10-13,16-18,26H,9,14-15,19H2,1-8H3/b16-13+,17-12+,24-11-/t26-,28+,29-/m1/s1. The second kappa shape index (κ2) is 13.8. The van der Waals surface area contributed by atoms with E-state index in [2.05, 4.69) is 6.08 Å². The van der Waals surface area contributed by atoms with Gasteiger partial charge in [0.25, 0.3) is 0 Å². The second-order valence-electron chi connectivity index (χ2n) is 10.1. The van der Waals surface area contributed by atoms with Crippen LogP contribution in [-0.2, 0) is 33.4 Å². The normalized spacial score (nSPS) is 27.3. The Labute approximate surface area is 214 Å². The second-order valence-corrected chi connectivity index (χ2v) is 10.1. The monoisotopic (exact) mass is 500 g/mol. The molecule has 0 heterocycles. The summed E-state index contributed by atoms with van der Waals surface area (Å²) >= 11 is 0. The molecule has 0 saturated heterocycles. The van der Waals surface area contributed by atoms with Crippen LogP contribution in [0.3, 0.4) is 0 Å². The van der Waals surface area contributed by atoms with Crippen molar-refractivity contribution in [1.82, 2.24) is 0 Å². The molecule has 0 amide bonds. The first kappa shape index (κ1) is 30.8. The molecular formula is C29H40O7. The van der Waals surface area contributed by atoms with Crippen LogP contribution in [-0.4, -0.2) is 42.0 Å². The third-order valence-corrected chi connectivity index (χ3v) is 5.65. The molecule has 7 nitrogen and oxygen atoms in total. The Morgan fingerprint density at radius 2 is 1.67 bits per heavy atom. The molecule has 198 valence electrons. The lowest BCUT2D eigenvalue weighted by molar-refractivity contribution is -0.167. The van der Waals surface area contributed by atoms with E-state index >= 15 is 0 Å². The number of hydrogen-bond acceptors (Lipinski definition) is 7. The van der Waals surface area contributed by atoms with Crippen molar-refractivity contribution in [3.8, 4) is 0 Å². The minimum Gasteiger partial charge on any atom is -0.461 e. The summed E-state index contributed by atoms with van der Waals surface area (Å²) in [4.78, 5) is 49.0. The third kappa shape index (κ3) is 11.0. The van der Waals surface area contributed by atoms with Gasteiger partial charge in [-0.25, -0.2) is 4.79 Å². The Kier molecular flexibility index (Phi) is 11.8. The smallest absolute Gasteiger partial charge is 0.331 e. The van der Waals surface area contributed by atoms with Gasteiger partial charge in [0.1, 0.15) is 6.61 Å². The van der Waals surface area contributed by atoms with Crippen LogP contribution in [0.1, 0.15) is 74.7 Å². The zero-order valence-corrected chi connectivity index (χ0v) is 22.8. The van der Waals surface area contributed by atoms with Crippen LogP contribution >= 0.6 is 0 Å². The minimum absolute atomic E-state index is 0.171. The Balaban J connectivity index is 3.64. The van der Waals surface area contributed by atoms with Gasteiger partial charge in [0.05, 0.1) is 0 Å². The Morgan fingerprint density at radius 3 is 2.22 bits per heavy atom. The summed E-state index contributed by atoms with van der Waals surface area (Å²) in [5, 5.41) is 0. The van der Waals surface area contributed by atoms with Crippen LogP contribution < -0.4 is 0 Å². The highest BCUT2D eigenvalue weighted by Crippen LogP contribution is 2.34. The molecule has 0 unspecified atom stereocenters. The Hall–Kier alpha value is -3.22. The summed E-state index contributed by atoms with van der Waals surface area (Å²) in [7, 11) is 0.